The first kappa shape index (κ1) is 21.8. The average Bonchev–Trinajstić information content (AvgIpc) is 2.67. The topological polar surface area (TPSA) is 78.5 Å². The standard InChI is InChI=1S/C21H23BrClN3O3/c1-2-9-26(11-16(27)13-29-17-6-3-14(22)4-7-17)12-20-24-19-10-15(23)5-8-18(19)21(28)25-20/h3-8,10,16,27H,2,9,11-13H2,1H3,(H,24,25,28)/t16-/m1/s1. The number of hydrogen-bond donors (Lipinski definition) is 2. The molecule has 3 rings (SSSR count). The molecule has 154 valence electrons. The van der Waals surface area contributed by atoms with Crippen molar-refractivity contribution in [1.82, 2.24) is 14.9 Å². The second-order valence-electron chi connectivity index (χ2n) is 6.83. The minimum atomic E-state index is -0.674. The fraction of sp³-hybridized carbons (Fsp3) is 0.333. The minimum Gasteiger partial charge on any atom is -0.491 e. The van der Waals surface area contributed by atoms with Crippen LogP contribution >= 0.6 is 27.5 Å². The Morgan fingerprint density at radius 3 is 2.76 bits per heavy atom. The van der Waals surface area contributed by atoms with Crippen molar-refractivity contribution >= 4 is 38.4 Å². The molecule has 0 fully saturated rings. The SMILES string of the molecule is CCCN(Cc1nc2cc(Cl)ccc2c(=O)[nH]1)C[C@@H](O)COc1ccc(Br)cc1. The van der Waals surface area contributed by atoms with Gasteiger partial charge in [-0.3, -0.25) is 9.69 Å². The van der Waals surface area contributed by atoms with Crippen molar-refractivity contribution in [2.24, 2.45) is 0 Å². The lowest BCUT2D eigenvalue weighted by Crippen LogP contribution is -2.36. The van der Waals surface area contributed by atoms with Crippen LogP contribution in [0, 0.1) is 0 Å². The van der Waals surface area contributed by atoms with E-state index in [1.165, 1.54) is 0 Å². The summed E-state index contributed by atoms with van der Waals surface area (Å²) in [6.45, 7) is 3.82. The van der Waals surface area contributed by atoms with E-state index in [0.717, 1.165) is 17.4 Å². The lowest BCUT2D eigenvalue weighted by Gasteiger charge is -2.24. The van der Waals surface area contributed by atoms with Crippen molar-refractivity contribution in [3.8, 4) is 5.75 Å². The smallest absolute Gasteiger partial charge is 0.258 e. The normalized spacial score (nSPS) is 12.4. The highest BCUT2D eigenvalue weighted by Crippen LogP contribution is 2.17. The van der Waals surface area contributed by atoms with Gasteiger partial charge in [0.2, 0.25) is 0 Å². The molecule has 1 heterocycles. The third-order valence-corrected chi connectivity index (χ3v) is 5.12. The van der Waals surface area contributed by atoms with E-state index < -0.39 is 6.10 Å². The maximum Gasteiger partial charge on any atom is 0.258 e. The average molecular weight is 481 g/mol. The molecule has 0 amide bonds. The summed E-state index contributed by atoms with van der Waals surface area (Å²) >= 11 is 9.41. The van der Waals surface area contributed by atoms with Crippen molar-refractivity contribution in [3.05, 3.63) is 68.1 Å². The molecule has 0 spiro atoms. The lowest BCUT2D eigenvalue weighted by atomic mass is 10.2. The molecule has 0 saturated carbocycles. The summed E-state index contributed by atoms with van der Waals surface area (Å²) in [4.78, 5) is 21.7. The molecule has 1 atom stereocenters. The predicted octanol–water partition coefficient (Wildman–Crippen LogP) is 3.99. The van der Waals surface area contributed by atoms with Gasteiger partial charge in [0.1, 0.15) is 24.3 Å². The van der Waals surface area contributed by atoms with Gasteiger partial charge in [-0.15, -0.1) is 0 Å². The lowest BCUT2D eigenvalue weighted by molar-refractivity contribution is 0.0647. The van der Waals surface area contributed by atoms with E-state index in [9.17, 15) is 9.90 Å². The van der Waals surface area contributed by atoms with E-state index in [4.69, 9.17) is 16.3 Å². The van der Waals surface area contributed by atoms with Gasteiger partial charge in [-0.2, -0.15) is 0 Å². The summed E-state index contributed by atoms with van der Waals surface area (Å²) < 4.78 is 6.63. The Hall–Kier alpha value is -1.93. The van der Waals surface area contributed by atoms with Crippen LogP contribution in [0.5, 0.6) is 5.75 Å². The van der Waals surface area contributed by atoms with E-state index in [1.807, 2.05) is 29.2 Å². The molecule has 0 aliphatic rings. The van der Waals surface area contributed by atoms with Gasteiger partial charge in [0, 0.05) is 16.0 Å². The zero-order valence-corrected chi connectivity index (χ0v) is 18.4. The van der Waals surface area contributed by atoms with Gasteiger partial charge in [0.15, 0.2) is 0 Å². The number of H-pyrrole nitrogens is 1. The molecule has 0 aliphatic heterocycles. The maximum atomic E-state index is 12.3. The number of ether oxygens (including phenoxy) is 1. The van der Waals surface area contributed by atoms with Crippen molar-refractivity contribution in [2.45, 2.75) is 26.0 Å². The first-order chi connectivity index (χ1) is 13.9. The molecule has 0 unspecified atom stereocenters. The van der Waals surface area contributed by atoms with Crippen molar-refractivity contribution in [2.75, 3.05) is 19.7 Å². The Morgan fingerprint density at radius 2 is 2.03 bits per heavy atom. The number of aromatic amines is 1. The van der Waals surface area contributed by atoms with Crippen LogP contribution in [0.2, 0.25) is 5.02 Å². The van der Waals surface area contributed by atoms with Gasteiger partial charge < -0.3 is 14.8 Å². The molecule has 1 aromatic heterocycles. The molecule has 0 radical (unpaired) electrons. The van der Waals surface area contributed by atoms with Crippen LogP contribution in [0.3, 0.4) is 0 Å². The molecular formula is C21H23BrClN3O3. The Balaban J connectivity index is 1.65. The van der Waals surface area contributed by atoms with Crippen LogP contribution in [0.25, 0.3) is 10.9 Å². The monoisotopic (exact) mass is 479 g/mol. The molecule has 2 aromatic carbocycles. The van der Waals surface area contributed by atoms with Gasteiger partial charge in [-0.25, -0.2) is 4.98 Å². The number of rotatable bonds is 9. The Kier molecular flexibility index (Phi) is 7.66. The van der Waals surface area contributed by atoms with E-state index >= 15 is 0 Å². The predicted molar refractivity (Wildman–Crippen MR) is 119 cm³/mol. The molecule has 2 N–H and O–H groups in total. The number of halogens is 2. The van der Waals surface area contributed by atoms with Gasteiger partial charge in [-0.05, 0) is 55.4 Å². The van der Waals surface area contributed by atoms with Crippen LogP contribution < -0.4 is 10.3 Å². The van der Waals surface area contributed by atoms with Crippen molar-refractivity contribution in [1.29, 1.82) is 0 Å². The van der Waals surface area contributed by atoms with Crippen LogP contribution in [-0.4, -0.2) is 45.8 Å². The first-order valence-corrected chi connectivity index (χ1v) is 10.6. The second-order valence-corrected chi connectivity index (χ2v) is 8.18. The summed E-state index contributed by atoms with van der Waals surface area (Å²) in [7, 11) is 0. The third kappa shape index (κ3) is 6.27. The Labute approximate surface area is 182 Å². The number of fused-ring (bicyclic) bond motifs is 1. The zero-order valence-electron chi connectivity index (χ0n) is 16.1. The highest BCUT2D eigenvalue weighted by molar-refractivity contribution is 9.10. The van der Waals surface area contributed by atoms with Crippen molar-refractivity contribution in [3.63, 3.8) is 0 Å². The van der Waals surface area contributed by atoms with Crippen LogP contribution in [-0.2, 0) is 6.54 Å². The fourth-order valence-electron chi connectivity index (χ4n) is 3.07. The minimum absolute atomic E-state index is 0.180. The maximum absolute atomic E-state index is 12.3. The van der Waals surface area contributed by atoms with E-state index in [2.05, 4.69) is 32.8 Å². The van der Waals surface area contributed by atoms with Crippen LogP contribution in [0.15, 0.2) is 51.7 Å². The van der Waals surface area contributed by atoms with Crippen LogP contribution in [0.4, 0.5) is 0 Å². The molecule has 0 aliphatic carbocycles. The third-order valence-electron chi connectivity index (χ3n) is 4.36. The number of hydrogen-bond acceptors (Lipinski definition) is 5. The Morgan fingerprint density at radius 1 is 1.28 bits per heavy atom. The molecule has 0 saturated heterocycles. The molecular weight excluding hydrogens is 458 g/mol. The molecule has 6 nitrogen and oxygen atoms in total. The molecule has 29 heavy (non-hydrogen) atoms. The van der Waals surface area contributed by atoms with E-state index in [1.54, 1.807) is 18.2 Å². The number of benzene rings is 2. The fourth-order valence-corrected chi connectivity index (χ4v) is 3.50. The highest BCUT2D eigenvalue weighted by atomic mass is 79.9. The number of aliphatic hydroxyl groups excluding tert-OH is 1. The summed E-state index contributed by atoms with van der Waals surface area (Å²) in [5.41, 5.74) is 0.365. The molecule has 8 heteroatoms. The van der Waals surface area contributed by atoms with Gasteiger partial charge >= 0.3 is 0 Å². The first-order valence-electron chi connectivity index (χ1n) is 9.42. The summed E-state index contributed by atoms with van der Waals surface area (Å²) in [5.74, 6) is 1.24. The highest BCUT2D eigenvalue weighted by Gasteiger charge is 2.15. The van der Waals surface area contributed by atoms with Crippen molar-refractivity contribution < 1.29 is 9.84 Å². The largest absolute Gasteiger partial charge is 0.491 e. The summed E-state index contributed by atoms with van der Waals surface area (Å²) in [6, 6.07) is 12.5. The van der Waals surface area contributed by atoms with Gasteiger partial charge in [0.05, 0.1) is 17.4 Å². The van der Waals surface area contributed by atoms with Gasteiger partial charge in [0.25, 0.3) is 5.56 Å². The number of aromatic nitrogens is 2. The molecule has 0 bridgehead atoms. The zero-order chi connectivity index (χ0) is 20.8. The number of aliphatic hydroxyl groups is 1. The Bertz CT molecular complexity index is 1010. The molecule has 3 aromatic rings. The number of nitrogens with one attached hydrogen (secondary N) is 1. The summed E-state index contributed by atoms with van der Waals surface area (Å²) in [6.07, 6.45) is 0.232. The van der Waals surface area contributed by atoms with Gasteiger partial charge in [-0.1, -0.05) is 34.5 Å². The number of nitrogens with zero attached hydrogens (tertiary/aromatic N) is 2. The van der Waals surface area contributed by atoms with Crippen LogP contribution in [0.1, 0.15) is 19.2 Å². The quantitative estimate of drug-likeness (QED) is 0.484. The van der Waals surface area contributed by atoms with E-state index in [0.29, 0.717) is 40.6 Å². The summed E-state index contributed by atoms with van der Waals surface area (Å²) in [5, 5.41) is 11.5. The second kappa shape index (κ2) is 10.2. The van der Waals surface area contributed by atoms with E-state index in [-0.39, 0.29) is 12.2 Å².